The molecule has 1 saturated carbocycles. The molecule has 23 heavy (non-hydrogen) atoms. The molecular formula is C19H31N3O. The van der Waals surface area contributed by atoms with E-state index in [1.807, 2.05) is 12.3 Å². The summed E-state index contributed by atoms with van der Waals surface area (Å²) >= 11 is 0. The molecule has 2 aliphatic rings. The van der Waals surface area contributed by atoms with E-state index in [0.717, 1.165) is 57.1 Å². The molecule has 1 aliphatic carbocycles. The molecule has 0 radical (unpaired) electrons. The van der Waals surface area contributed by atoms with Gasteiger partial charge in [-0.15, -0.1) is 0 Å². The predicted octanol–water partition coefficient (Wildman–Crippen LogP) is 2.92. The Morgan fingerprint density at radius 1 is 1.22 bits per heavy atom. The summed E-state index contributed by atoms with van der Waals surface area (Å²) in [6.45, 7) is 5.24. The van der Waals surface area contributed by atoms with Crippen molar-refractivity contribution in [2.75, 3.05) is 31.6 Å². The first-order chi connectivity index (χ1) is 11.1. The molecule has 2 fully saturated rings. The number of hydrogen-bond donors (Lipinski definition) is 1. The van der Waals surface area contributed by atoms with E-state index in [9.17, 15) is 5.11 Å². The van der Waals surface area contributed by atoms with Crippen molar-refractivity contribution in [3.05, 3.63) is 24.4 Å². The third kappa shape index (κ3) is 4.24. The molecule has 0 spiro atoms. The maximum Gasteiger partial charge on any atom is 0.128 e. The van der Waals surface area contributed by atoms with Crippen LogP contribution in [0.4, 0.5) is 5.82 Å². The number of piperidine rings is 1. The van der Waals surface area contributed by atoms with E-state index >= 15 is 0 Å². The Labute approximate surface area is 140 Å². The van der Waals surface area contributed by atoms with Gasteiger partial charge in [0.25, 0.3) is 0 Å². The lowest BCUT2D eigenvalue weighted by Crippen LogP contribution is -2.50. The molecule has 2 heterocycles. The molecule has 1 saturated heterocycles. The summed E-state index contributed by atoms with van der Waals surface area (Å²) in [7, 11) is 2.19. The first kappa shape index (κ1) is 16.7. The van der Waals surface area contributed by atoms with Crippen LogP contribution in [0.25, 0.3) is 0 Å². The highest BCUT2D eigenvalue weighted by Crippen LogP contribution is 2.33. The van der Waals surface area contributed by atoms with Gasteiger partial charge in [-0.2, -0.15) is 0 Å². The minimum atomic E-state index is -0.459. The largest absolute Gasteiger partial charge is 0.389 e. The van der Waals surface area contributed by atoms with Gasteiger partial charge in [-0.05, 0) is 63.6 Å². The molecule has 128 valence electrons. The van der Waals surface area contributed by atoms with Gasteiger partial charge < -0.3 is 14.9 Å². The first-order valence-corrected chi connectivity index (χ1v) is 9.14. The van der Waals surface area contributed by atoms with Gasteiger partial charge >= 0.3 is 0 Å². The summed E-state index contributed by atoms with van der Waals surface area (Å²) in [5.41, 5.74) is -0.459. The summed E-state index contributed by atoms with van der Waals surface area (Å²) in [6, 6.07) is 6.70. The monoisotopic (exact) mass is 317 g/mol. The van der Waals surface area contributed by atoms with Gasteiger partial charge in [-0.25, -0.2) is 4.98 Å². The second-order valence-corrected chi connectivity index (χ2v) is 7.73. The number of aliphatic hydroxyl groups is 1. The number of hydrogen-bond acceptors (Lipinski definition) is 4. The maximum atomic E-state index is 10.9. The molecule has 1 aromatic rings. The van der Waals surface area contributed by atoms with Crippen LogP contribution in [-0.4, -0.2) is 53.3 Å². The molecule has 1 N–H and O–H groups in total. The normalized spacial score (nSPS) is 29.9. The lowest BCUT2D eigenvalue weighted by Gasteiger charge is -2.42. The van der Waals surface area contributed by atoms with Gasteiger partial charge in [0.05, 0.1) is 5.60 Å². The zero-order valence-corrected chi connectivity index (χ0v) is 14.6. The van der Waals surface area contributed by atoms with Gasteiger partial charge in [0.1, 0.15) is 5.82 Å². The number of likely N-dealkylation sites (N-methyl/N-ethyl adjacent to an activating group) is 1. The van der Waals surface area contributed by atoms with Gasteiger partial charge in [0.15, 0.2) is 0 Å². The molecule has 0 amide bonds. The molecule has 4 nitrogen and oxygen atoms in total. The Hall–Kier alpha value is -1.13. The van der Waals surface area contributed by atoms with E-state index in [1.54, 1.807) is 0 Å². The molecule has 3 rings (SSSR count). The molecule has 4 heteroatoms. The number of pyridine rings is 1. The average molecular weight is 317 g/mol. The molecule has 0 unspecified atom stereocenters. The van der Waals surface area contributed by atoms with E-state index in [2.05, 4.69) is 40.9 Å². The van der Waals surface area contributed by atoms with Crippen molar-refractivity contribution < 1.29 is 5.11 Å². The molecule has 1 aliphatic heterocycles. The fraction of sp³-hybridized carbons (Fsp3) is 0.737. The van der Waals surface area contributed by atoms with Crippen LogP contribution in [0.5, 0.6) is 0 Å². The van der Waals surface area contributed by atoms with Crippen molar-refractivity contribution in [1.82, 2.24) is 9.88 Å². The number of rotatable bonds is 4. The summed E-state index contributed by atoms with van der Waals surface area (Å²) in [4.78, 5) is 9.24. The van der Waals surface area contributed by atoms with Crippen molar-refractivity contribution in [2.24, 2.45) is 5.92 Å². The second-order valence-electron chi connectivity index (χ2n) is 7.73. The van der Waals surface area contributed by atoms with Crippen LogP contribution in [0, 0.1) is 5.92 Å². The molecule has 0 atom stereocenters. The SMILES string of the molecule is CC1CCC(O)(CN(C)C2CCN(c3ccccn3)CC2)CC1. The number of anilines is 1. The minimum absolute atomic E-state index is 0.459. The van der Waals surface area contributed by atoms with Crippen LogP contribution in [0.1, 0.15) is 45.4 Å². The van der Waals surface area contributed by atoms with E-state index in [0.29, 0.717) is 6.04 Å². The zero-order valence-electron chi connectivity index (χ0n) is 14.6. The van der Waals surface area contributed by atoms with Crippen LogP contribution < -0.4 is 4.90 Å². The highest BCUT2D eigenvalue weighted by Gasteiger charge is 2.35. The van der Waals surface area contributed by atoms with Crippen LogP contribution in [-0.2, 0) is 0 Å². The Morgan fingerprint density at radius 2 is 1.91 bits per heavy atom. The predicted molar refractivity (Wildman–Crippen MR) is 94.7 cm³/mol. The Morgan fingerprint density at radius 3 is 2.52 bits per heavy atom. The third-order valence-electron chi connectivity index (χ3n) is 5.81. The van der Waals surface area contributed by atoms with E-state index < -0.39 is 5.60 Å². The Balaban J connectivity index is 1.49. The van der Waals surface area contributed by atoms with Crippen LogP contribution in [0.3, 0.4) is 0 Å². The third-order valence-corrected chi connectivity index (χ3v) is 5.81. The van der Waals surface area contributed by atoms with Gasteiger partial charge in [-0.3, -0.25) is 0 Å². The summed E-state index contributed by atoms with van der Waals surface area (Å²) in [5.74, 6) is 1.87. The minimum Gasteiger partial charge on any atom is -0.389 e. The molecule has 0 aromatic carbocycles. The molecule has 0 bridgehead atoms. The number of aromatic nitrogens is 1. The van der Waals surface area contributed by atoms with E-state index in [1.165, 1.54) is 12.8 Å². The topological polar surface area (TPSA) is 39.6 Å². The fourth-order valence-electron chi connectivity index (χ4n) is 4.13. The highest BCUT2D eigenvalue weighted by molar-refractivity contribution is 5.38. The van der Waals surface area contributed by atoms with Gasteiger partial charge in [-0.1, -0.05) is 13.0 Å². The van der Waals surface area contributed by atoms with Gasteiger partial charge in [0.2, 0.25) is 0 Å². The van der Waals surface area contributed by atoms with Crippen molar-refractivity contribution in [1.29, 1.82) is 0 Å². The van der Waals surface area contributed by atoms with Gasteiger partial charge in [0, 0.05) is 31.9 Å². The average Bonchev–Trinajstić information content (AvgIpc) is 2.59. The summed E-state index contributed by atoms with van der Waals surface area (Å²) in [5, 5.41) is 10.9. The Bertz CT molecular complexity index is 477. The standard InChI is InChI=1S/C19H31N3O/c1-16-6-10-19(23,11-7-16)15-21(2)17-8-13-22(14-9-17)18-5-3-4-12-20-18/h3-5,12,16-17,23H,6-11,13-15H2,1-2H3. The number of nitrogens with zero attached hydrogens (tertiary/aromatic N) is 3. The van der Waals surface area contributed by atoms with E-state index in [-0.39, 0.29) is 0 Å². The lowest BCUT2D eigenvalue weighted by molar-refractivity contribution is -0.0395. The Kier molecular flexibility index (Phi) is 5.22. The quantitative estimate of drug-likeness (QED) is 0.927. The second kappa shape index (κ2) is 7.18. The lowest BCUT2D eigenvalue weighted by atomic mass is 9.79. The van der Waals surface area contributed by atoms with Crippen LogP contribution in [0.2, 0.25) is 0 Å². The fourth-order valence-corrected chi connectivity index (χ4v) is 4.13. The van der Waals surface area contributed by atoms with Crippen molar-refractivity contribution in [2.45, 2.75) is 57.1 Å². The molecule has 1 aromatic heterocycles. The zero-order chi connectivity index (χ0) is 16.3. The smallest absolute Gasteiger partial charge is 0.128 e. The van der Waals surface area contributed by atoms with Crippen LogP contribution in [0.15, 0.2) is 24.4 Å². The summed E-state index contributed by atoms with van der Waals surface area (Å²) < 4.78 is 0. The van der Waals surface area contributed by atoms with E-state index in [4.69, 9.17) is 0 Å². The molecular weight excluding hydrogens is 286 g/mol. The van der Waals surface area contributed by atoms with Crippen molar-refractivity contribution >= 4 is 5.82 Å². The van der Waals surface area contributed by atoms with Crippen LogP contribution >= 0.6 is 0 Å². The van der Waals surface area contributed by atoms with Crippen molar-refractivity contribution in [3.8, 4) is 0 Å². The van der Waals surface area contributed by atoms with Crippen molar-refractivity contribution in [3.63, 3.8) is 0 Å². The maximum absolute atomic E-state index is 10.9. The first-order valence-electron chi connectivity index (χ1n) is 9.14. The summed E-state index contributed by atoms with van der Waals surface area (Å²) in [6.07, 6.45) is 8.44. The highest BCUT2D eigenvalue weighted by atomic mass is 16.3.